The van der Waals surface area contributed by atoms with Crippen molar-refractivity contribution in [3.05, 3.63) is 82.0 Å². The van der Waals surface area contributed by atoms with Gasteiger partial charge in [0.15, 0.2) is 0 Å². The smallest absolute Gasteiger partial charge is 0.275 e. The number of aryl methyl sites for hydroxylation is 3. The summed E-state index contributed by atoms with van der Waals surface area (Å²) in [7, 11) is 0. The Hall–Kier alpha value is -3.41. The average molecular weight is 405 g/mol. The van der Waals surface area contributed by atoms with Gasteiger partial charge in [0.25, 0.3) is 5.56 Å². The highest BCUT2D eigenvalue weighted by Gasteiger charge is 2.13. The second kappa shape index (κ2) is 8.14. The predicted molar refractivity (Wildman–Crippen MR) is 118 cm³/mol. The van der Waals surface area contributed by atoms with Crippen LogP contribution in [0.25, 0.3) is 16.6 Å². The first-order valence-electron chi connectivity index (χ1n) is 10.2. The maximum atomic E-state index is 13.9. The minimum Gasteiger partial charge on any atom is -0.326 e. The molecule has 4 rings (SSSR count). The Morgan fingerprint density at radius 3 is 2.70 bits per heavy atom. The van der Waals surface area contributed by atoms with E-state index >= 15 is 0 Å². The predicted octanol–water partition coefficient (Wildman–Crippen LogP) is 4.68. The lowest BCUT2D eigenvalue weighted by molar-refractivity contribution is -0.116. The van der Waals surface area contributed by atoms with Gasteiger partial charge in [-0.3, -0.25) is 9.59 Å². The largest absolute Gasteiger partial charge is 0.326 e. The number of amides is 1. The average Bonchev–Trinajstić information content (AvgIpc) is 3.22. The molecule has 4 aromatic rings. The third-order valence-corrected chi connectivity index (χ3v) is 5.49. The standard InChI is InChI=1S/C24H24FN3O2/c1-3-17-8-4-7-16(2)23(17)26-22(29)10-6-14-28-21-15-18(25)11-12-19(21)27-13-5-9-20(27)24(28)30/h4-5,7-9,11-13,15H,3,6,10,14H2,1-2H3,(H,26,29). The normalized spacial score (nSPS) is 11.3. The fourth-order valence-corrected chi connectivity index (χ4v) is 3.95. The van der Waals surface area contributed by atoms with Crippen molar-refractivity contribution in [2.75, 3.05) is 5.32 Å². The number of carbonyl (C=O) groups is 1. The van der Waals surface area contributed by atoms with Gasteiger partial charge in [-0.05, 0) is 61.2 Å². The Morgan fingerprint density at radius 2 is 1.90 bits per heavy atom. The van der Waals surface area contributed by atoms with Gasteiger partial charge in [-0.1, -0.05) is 25.1 Å². The molecule has 30 heavy (non-hydrogen) atoms. The lowest BCUT2D eigenvalue weighted by Crippen LogP contribution is -2.24. The van der Waals surface area contributed by atoms with E-state index in [-0.39, 0.29) is 17.9 Å². The van der Waals surface area contributed by atoms with Gasteiger partial charge in [0.2, 0.25) is 5.91 Å². The van der Waals surface area contributed by atoms with E-state index in [0.29, 0.717) is 24.0 Å². The van der Waals surface area contributed by atoms with Crippen LogP contribution in [0.5, 0.6) is 0 Å². The summed E-state index contributed by atoms with van der Waals surface area (Å²) in [5, 5.41) is 3.01. The van der Waals surface area contributed by atoms with Gasteiger partial charge < -0.3 is 14.3 Å². The highest BCUT2D eigenvalue weighted by atomic mass is 19.1. The fourth-order valence-electron chi connectivity index (χ4n) is 3.95. The van der Waals surface area contributed by atoms with E-state index in [2.05, 4.69) is 12.2 Å². The summed E-state index contributed by atoms with van der Waals surface area (Å²) in [6, 6.07) is 13.9. The van der Waals surface area contributed by atoms with Crippen molar-refractivity contribution in [2.45, 2.75) is 39.7 Å². The molecule has 2 aromatic heterocycles. The number of para-hydroxylation sites is 1. The summed E-state index contributed by atoms with van der Waals surface area (Å²) in [5.41, 5.74) is 4.61. The van der Waals surface area contributed by atoms with E-state index in [4.69, 9.17) is 0 Å². The molecule has 1 amide bonds. The number of nitrogens with one attached hydrogen (secondary N) is 1. The molecule has 0 unspecified atom stereocenters. The number of halogens is 1. The second-order valence-electron chi connectivity index (χ2n) is 7.47. The number of hydrogen-bond acceptors (Lipinski definition) is 2. The molecule has 0 aliphatic carbocycles. The molecule has 5 nitrogen and oxygen atoms in total. The summed E-state index contributed by atoms with van der Waals surface area (Å²) in [4.78, 5) is 25.5. The third kappa shape index (κ3) is 3.61. The minimum absolute atomic E-state index is 0.0914. The number of fused-ring (bicyclic) bond motifs is 3. The zero-order chi connectivity index (χ0) is 21.3. The number of nitrogens with zero attached hydrogens (tertiary/aromatic N) is 2. The topological polar surface area (TPSA) is 55.5 Å². The lowest BCUT2D eigenvalue weighted by atomic mass is 10.1. The van der Waals surface area contributed by atoms with Gasteiger partial charge in [0, 0.05) is 24.8 Å². The number of hydrogen-bond donors (Lipinski definition) is 1. The second-order valence-corrected chi connectivity index (χ2v) is 7.47. The van der Waals surface area contributed by atoms with Gasteiger partial charge in [0.1, 0.15) is 11.3 Å². The van der Waals surface area contributed by atoms with Crippen molar-refractivity contribution in [1.82, 2.24) is 8.97 Å². The first kappa shape index (κ1) is 19.9. The molecule has 0 aliphatic rings. The van der Waals surface area contributed by atoms with Crippen molar-refractivity contribution < 1.29 is 9.18 Å². The molecule has 6 heteroatoms. The van der Waals surface area contributed by atoms with Crippen molar-refractivity contribution in [2.24, 2.45) is 0 Å². The van der Waals surface area contributed by atoms with E-state index in [1.54, 1.807) is 33.4 Å². The third-order valence-electron chi connectivity index (χ3n) is 5.49. The first-order valence-corrected chi connectivity index (χ1v) is 10.2. The molecule has 0 atom stereocenters. The van der Waals surface area contributed by atoms with Crippen LogP contribution in [0.1, 0.15) is 30.9 Å². The molecule has 0 aliphatic heterocycles. The molecule has 1 N–H and O–H groups in total. The molecule has 0 spiro atoms. The number of rotatable bonds is 6. The highest BCUT2D eigenvalue weighted by molar-refractivity contribution is 5.92. The summed E-state index contributed by atoms with van der Waals surface area (Å²) in [6.45, 7) is 4.36. The number of aromatic nitrogens is 2. The van der Waals surface area contributed by atoms with Crippen LogP contribution in [0.15, 0.2) is 59.5 Å². The van der Waals surface area contributed by atoms with Gasteiger partial charge in [0.05, 0.1) is 11.0 Å². The van der Waals surface area contributed by atoms with Crippen molar-refractivity contribution >= 4 is 28.1 Å². The fraction of sp³-hybridized carbons (Fsp3) is 0.250. The first-order chi connectivity index (χ1) is 14.5. The van der Waals surface area contributed by atoms with Crippen LogP contribution in [0.2, 0.25) is 0 Å². The van der Waals surface area contributed by atoms with Crippen molar-refractivity contribution in [3.8, 4) is 0 Å². The van der Waals surface area contributed by atoms with Crippen LogP contribution < -0.4 is 10.9 Å². The van der Waals surface area contributed by atoms with Crippen LogP contribution in [-0.4, -0.2) is 14.9 Å². The summed E-state index contributed by atoms with van der Waals surface area (Å²) >= 11 is 0. The number of anilines is 1. The summed E-state index contributed by atoms with van der Waals surface area (Å²) in [5.74, 6) is -0.488. The van der Waals surface area contributed by atoms with Crippen LogP contribution in [0.3, 0.4) is 0 Å². The van der Waals surface area contributed by atoms with E-state index < -0.39 is 5.82 Å². The molecule has 0 saturated carbocycles. The van der Waals surface area contributed by atoms with E-state index in [9.17, 15) is 14.0 Å². The zero-order valence-electron chi connectivity index (χ0n) is 17.1. The number of benzene rings is 2. The Bertz CT molecular complexity index is 1300. The Morgan fingerprint density at radius 1 is 1.07 bits per heavy atom. The van der Waals surface area contributed by atoms with Crippen LogP contribution in [0, 0.1) is 12.7 Å². The lowest BCUT2D eigenvalue weighted by Gasteiger charge is -2.14. The highest BCUT2D eigenvalue weighted by Crippen LogP contribution is 2.22. The van der Waals surface area contributed by atoms with Crippen LogP contribution in [0.4, 0.5) is 10.1 Å². The van der Waals surface area contributed by atoms with Crippen molar-refractivity contribution in [1.29, 1.82) is 0 Å². The maximum Gasteiger partial charge on any atom is 0.275 e. The van der Waals surface area contributed by atoms with Crippen LogP contribution >= 0.6 is 0 Å². The number of carbonyl (C=O) groups excluding carboxylic acids is 1. The van der Waals surface area contributed by atoms with Crippen LogP contribution in [-0.2, 0) is 17.8 Å². The van der Waals surface area contributed by atoms with E-state index in [0.717, 1.165) is 28.8 Å². The SMILES string of the molecule is CCc1cccc(C)c1NC(=O)CCCn1c(=O)c2cccn2c2ccc(F)cc21. The molecule has 2 heterocycles. The van der Waals surface area contributed by atoms with Gasteiger partial charge >= 0.3 is 0 Å². The summed E-state index contributed by atoms with van der Waals surface area (Å²) < 4.78 is 17.2. The Labute approximate surface area is 173 Å². The quantitative estimate of drug-likeness (QED) is 0.506. The minimum atomic E-state index is -0.397. The maximum absolute atomic E-state index is 13.9. The molecule has 0 saturated heterocycles. The molecule has 2 aromatic carbocycles. The van der Waals surface area contributed by atoms with Crippen molar-refractivity contribution in [3.63, 3.8) is 0 Å². The Kier molecular flexibility index (Phi) is 5.40. The summed E-state index contributed by atoms with van der Waals surface area (Å²) in [6.07, 6.45) is 3.37. The monoisotopic (exact) mass is 405 g/mol. The van der Waals surface area contributed by atoms with Gasteiger partial charge in [-0.25, -0.2) is 4.39 Å². The van der Waals surface area contributed by atoms with E-state index in [1.165, 1.54) is 12.1 Å². The molecule has 0 fully saturated rings. The molecule has 154 valence electrons. The zero-order valence-corrected chi connectivity index (χ0v) is 17.1. The van der Waals surface area contributed by atoms with Gasteiger partial charge in [-0.2, -0.15) is 0 Å². The molecule has 0 bridgehead atoms. The van der Waals surface area contributed by atoms with E-state index in [1.807, 2.05) is 25.1 Å². The molecular weight excluding hydrogens is 381 g/mol. The van der Waals surface area contributed by atoms with Gasteiger partial charge in [-0.15, -0.1) is 0 Å². The Balaban J connectivity index is 1.55. The molecule has 0 radical (unpaired) electrons. The molecular formula is C24H24FN3O2.